The zero-order valence-corrected chi connectivity index (χ0v) is 23.5. The molecule has 9 nitrogen and oxygen atoms in total. The molecule has 1 aliphatic heterocycles. The number of nitrogens with zero attached hydrogens (tertiary/aromatic N) is 3. The molecule has 0 N–H and O–H groups in total. The molecule has 1 fully saturated rings. The van der Waals surface area contributed by atoms with Crippen molar-refractivity contribution in [1.82, 2.24) is 9.80 Å². The van der Waals surface area contributed by atoms with Crippen LogP contribution >= 0.6 is 0 Å². The Balaban J connectivity index is 1.08. The first kappa shape index (κ1) is 28.3. The third-order valence-electron chi connectivity index (χ3n) is 7.78. The van der Waals surface area contributed by atoms with Crippen molar-refractivity contribution in [2.45, 2.75) is 31.8 Å². The Kier molecular flexibility index (Phi) is 8.96. The highest BCUT2D eigenvalue weighted by Crippen LogP contribution is 2.25. The van der Waals surface area contributed by atoms with Crippen LogP contribution in [0.3, 0.4) is 0 Å². The van der Waals surface area contributed by atoms with Gasteiger partial charge < -0.3 is 18.8 Å². The van der Waals surface area contributed by atoms with Crippen molar-refractivity contribution in [3.8, 4) is 22.6 Å². The number of hydrogen-bond donors (Lipinski definition) is 0. The number of piperidine rings is 1. The minimum atomic E-state index is -0.341. The molecule has 0 amide bonds. The van der Waals surface area contributed by atoms with Gasteiger partial charge in [-0.05, 0) is 74.8 Å². The molecule has 3 aromatic carbocycles. The number of likely N-dealkylation sites (tertiary alicyclic amines) is 1. The summed E-state index contributed by atoms with van der Waals surface area (Å²) >= 11 is 0. The molecular weight excluding hydrogens is 522 g/mol. The summed E-state index contributed by atoms with van der Waals surface area (Å²) in [5.41, 5.74) is 2.82. The van der Waals surface area contributed by atoms with E-state index in [4.69, 9.17) is 13.9 Å². The minimum absolute atomic E-state index is 0.0827. The van der Waals surface area contributed by atoms with Crippen LogP contribution in [-0.2, 0) is 6.54 Å². The molecule has 5 rings (SSSR count). The van der Waals surface area contributed by atoms with Crippen LogP contribution in [-0.4, -0.2) is 61.2 Å². The minimum Gasteiger partial charge on any atom is -0.497 e. The SMILES string of the molecule is COc1ccc(-c2coc3cc(OCCCN(C)C4CCN(Cc5cccc([N+](=O)[O-])c5)CC4)ccc3c2=O)cc1. The van der Waals surface area contributed by atoms with Gasteiger partial charge in [-0.25, -0.2) is 0 Å². The second-order valence-electron chi connectivity index (χ2n) is 10.5. The zero-order valence-electron chi connectivity index (χ0n) is 23.5. The molecule has 0 bridgehead atoms. The number of ether oxygens (including phenoxy) is 2. The maximum absolute atomic E-state index is 13.1. The quantitative estimate of drug-likeness (QED) is 0.131. The second kappa shape index (κ2) is 13.0. The molecular formula is C32H35N3O6. The molecule has 41 heavy (non-hydrogen) atoms. The first-order chi connectivity index (χ1) is 19.9. The summed E-state index contributed by atoms with van der Waals surface area (Å²) in [6.07, 6.45) is 4.51. The molecule has 0 atom stereocenters. The van der Waals surface area contributed by atoms with Crippen LogP contribution in [0.5, 0.6) is 11.5 Å². The van der Waals surface area contributed by atoms with Gasteiger partial charge in [-0.2, -0.15) is 0 Å². The Hall–Kier alpha value is -4.21. The summed E-state index contributed by atoms with van der Waals surface area (Å²) in [5.74, 6) is 1.41. The normalized spacial score (nSPS) is 14.4. The monoisotopic (exact) mass is 557 g/mol. The predicted octanol–water partition coefficient (Wildman–Crippen LogP) is 5.74. The average molecular weight is 558 g/mol. The molecule has 0 spiro atoms. The molecule has 0 saturated carbocycles. The smallest absolute Gasteiger partial charge is 0.269 e. The number of nitro benzene ring substituents is 1. The van der Waals surface area contributed by atoms with E-state index in [9.17, 15) is 14.9 Å². The molecule has 9 heteroatoms. The third kappa shape index (κ3) is 6.93. The fraction of sp³-hybridized carbons (Fsp3) is 0.344. The fourth-order valence-electron chi connectivity index (χ4n) is 5.40. The lowest BCUT2D eigenvalue weighted by atomic mass is 10.0. The van der Waals surface area contributed by atoms with Gasteiger partial charge >= 0.3 is 0 Å². The van der Waals surface area contributed by atoms with Crippen LogP contribution in [0.2, 0.25) is 0 Å². The van der Waals surface area contributed by atoms with E-state index in [-0.39, 0.29) is 16.0 Å². The molecule has 1 saturated heterocycles. The van der Waals surface area contributed by atoms with E-state index >= 15 is 0 Å². The highest BCUT2D eigenvalue weighted by atomic mass is 16.6. The van der Waals surface area contributed by atoms with E-state index < -0.39 is 0 Å². The summed E-state index contributed by atoms with van der Waals surface area (Å²) < 4.78 is 17.0. The number of methoxy groups -OCH3 is 1. The lowest BCUT2D eigenvalue weighted by Gasteiger charge is -2.36. The lowest BCUT2D eigenvalue weighted by Crippen LogP contribution is -2.43. The highest BCUT2D eigenvalue weighted by Gasteiger charge is 2.22. The van der Waals surface area contributed by atoms with Gasteiger partial charge in [0.05, 0.1) is 29.6 Å². The summed E-state index contributed by atoms with van der Waals surface area (Å²) in [6, 6.07) is 20.1. The lowest BCUT2D eigenvalue weighted by molar-refractivity contribution is -0.384. The molecule has 4 aromatic rings. The summed E-state index contributed by atoms with van der Waals surface area (Å²) in [7, 11) is 3.77. The van der Waals surface area contributed by atoms with Gasteiger partial charge in [-0.15, -0.1) is 0 Å². The van der Waals surface area contributed by atoms with Crippen molar-refractivity contribution >= 4 is 16.7 Å². The van der Waals surface area contributed by atoms with Gasteiger partial charge in [0.1, 0.15) is 23.3 Å². The topological polar surface area (TPSA) is 98.3 Å². The number of rotatable bonds is 11. The molecule has 1 aromatic heterocycles. The first-order valence-electron chi connectivity index (χ1n) is 13.9. The Morgan fingerprint density at radius 2 is 1.80 bits per heavy atom. The number of hydrogen-bond acceptors (Lipinski definition) is 8. The van der Waals surface area contributed by atoms with E-state index in [1.165, 1.54) is 12.3 Å². The van der Waals surface area contributed by atoms with Gasteiger partial charge in [0, 0.05) is 37.3 Å². The van der Waals surface area contributed by atoms with Gasteiger partial charge in [-0.3, -0.25) is 19.8 Å². The number of fused-ring (bicyclic) bond motifs is 1. The Bertz CT molecular complexity index is 1540. The Morgan fingerprint density at radius 1 is 1.05 bits per heavy atom. The highest BCUT2D eigenvalue weighted by molar-refractivity contribution is 5.82. The molecule has 0 aliphatic carbocycles. The van der Waals surface area contributed by atoms with Gasteiger partial charge in [0.25, 0.3) is 5.69 Å². The van der Waals surface area contributed by atoms with Crippen LogP contribution in [0.25, 0.3) is 22.1 Å². The third-order valence-corrected chi connectivity index (χ3v) is 7.78. The van der Waals surface area contributed by atoms with Crippen molar-refractivity contribution in [1.29, 1.82) is 0 Å². The van der Waals surface area contributed by atoms with Crippen LogP contribution < -0.4 is 14.9 Å². The first-order valence-corrected chi connectivity index (χ1v) is 13.9. The van der Waals surface area contributed by atoms with Crippen LogP contribution in [0, 0.1) is 10.1 Å². The predicted molar refractivity (Wildman–Crippen MR) is 159 cm³/mol. The zero-order chi connectivity index (χ0) is 28.8. The number of benzene rings is 3. The standard InChI is InChI=1S/C32H35N3O6/c1-33(25-13-16-34(17-14-25)21-23-5-3-6-26(19-23)35(37)38)15-4-18-40-28-11-12-29-31(20-28)41-22-30(32(29)36)24-7-9-27(39-2)10-8-24/h3,5-12,19-20,22,25H,4,13-18,21H2,1-2H3. The largest absolute Gasteiger partial charge is 0.497 e. The van der Waals surface area contributed by atoms with E-state index in [2.05, 4.69) is 16.8 Å². The van der Waals surface area contributed by atoms with Gasteiger partial charge in [0.15, 0.2) is 5.43 Å². The maximum atomic E-state index is 13.1. The number of nitro groups is 1. The van der Waals surface area contributed by atoms with Gasteiger partial charge in [-0.1, -0.05) is 24.3 Å². The van der Waals surface area contributed by atoms with E-state index in [1.54, 1.807) is 31.4 Å². The molecule has 2 heterocycles. The molecule has 1 aliphatic rings. The van der Waals surface area contributed by atoms with Crippen molar-refractivity contribution < 1.29 is 18.8 Å². The Morgan fingerprint density at radius 3 is 2.54 bits per heavy atom. The van der Waals surface area contributed by atoms with Crippen molar-refractivity contribution in [2.24, 2.45) is 0 Å². The van der Waals surface area contributed by atoms with Gasteiger partial charge in [0.2, 0.25) is 0 Å². The van der Waals surface area contributed by atoms with Crippen LogP contribution in [0.15, 0.2) is 82.2 Å². The van der Waals surface area contributed by atoms with Crippen molar-refractivity contribution in [3.63, 3.8) is 0 Å². The van der Waals surface area contributed by atoms with Crippen molar-refractivity contribution in [3.05, 3.63) is 98.9 Å². The van der Waals surface area contributed by atoms with Crippen molar-refractivity contribution in [2.75, 3.05) is 40.4 Å². The summed E-state index contributed by atoms with van der Waals surface area (Å²) in [6.45, 7) is 4.16. The maximum Gasteiger partial charge on any atom is 0.269 e. The van der Waals surface area contributed by atoms with Crippen LogP contribution in [0.4, 0.5) is 5.69 Å². The number of non-ortho nitro benzene ring substituents is 1. The molecule has 214 valence electrons. The molecule has 0 unspecified atom stereocenters. The van der Waals surface area contributed by atoms with E-state index in [0.717, 1.165) is 62.3 Å². The molecule has 0 radical (unpaired) electrons. The van der Waals surface area contributed by atoms with E-state index in [1.807, 2.05) is 36.4 Å². The van der Waals surface area contributed by atoms with Crippen LogP contribution in [0.1, 0.15) is 24.8 Å². The summed E-state index contributed by atoms with van der Waals surface area (Å²) in [4.78, 5) is 28.5. The average Bonchev–Trinajstić information content (AvgIpc) is 3.00. The second-order valence-corrected chi connectivity index (χ2v) is 10.5. The summed E-state index contributed by atoms with van der Waals surface area (Å²) in [5, 5.41) is 11.6. The Labute approximate surface area is 239 Å². The van der Waals surface area contributed by atoms with E-state index in [0.29, 0.717) is 34.9 Å². The fourth-order valence-corrected chi connectivity index (χ4v) is 5.40.